The predicted octanol–water partition coefficient (Wildman–Crippen LogP) is 2.68. The SMILES string of the molecule is Nc1ccc(CN2CCC3(CC2)CCN(c2ccc([C@H]4CCC(=O)NC4=O)cc2)C3)cn1. The van der Waals surface area contributed by atoms with Gasteiger partial charge in [-0.25, -0.2) is 4.98 Å². The molecule has 0 aliphatic carbocycles. The first-order chi connectivity index (χ1) is 15.5. The fourth-order valence-electron chi connectivity index (χ4n) is 5.47. The number of rotatable bonds is 4. The number of carbonyl (C=O) groups is 2. The van der Waals surface area contributed by atoms with Crippen LogP contribution in [0, 0.1) is 5.41 Å². The van der Waals surface area contributed by atoms with Crippen molar-refractivity contribution in [2.75, 3.05) is 36.8 Å². The molecular formula is C25H31N5O2. The third-order valence-electron chi connectivity index (χ3n) is 7.51. The van der Waals surface area contributed by atoms with Crippen LogP contribution in [0.4, 0.5) is 11.5 Å². The van der Waals surface area contributed by atoms with Gasteiger partial charge in [0.2, 0.25) is 11.8 Å². The van der Waals surface area contributed by atoms with Crippen molar-refractivity contribution in [3.63, 3.8) is 0 Å². The smallest absolute Gasteiger partial charge is 0.234 e. The first kappa shape index (κ1) is 20.9. The molecule has 7 heteroatoms. The Morgan fingerprint density at radius 2 is 1.78 bits per heavy atom. The molecule has 3 N–H and O–H groups in total. The van der Waals surface area contributed by atoms with E-state index in [1.165, 1.54) is 30.5 Å². The molecule has 1 spiro atoms. The van der Waals surface area contributed by atoms with Gasteiger partial charge >= 0.3 is 0 Å². The van der Waals surface area contributed by atoms with E-state index in [4.69, 9.17) is 5.73 Å². The van der Waals surface area contributed by atoms with Gasteiger partial charge in [0.15, 0.2) is 0 Å². The summed E-state index contributed by atoms with van der Waals surface area (Å²) in [4.78, 5) is 32.8. The summed E-state index contributed by atoms with van der Waals surface area (Å²) in [6, 6.07) is 12.3. The molecule has 3 saturated heterocycles. The van der Waals surface area contributed by atoms with Crippen molar-refractivity contribution < 1.29 is 9.59 Å². The fraction of sp³-hybridized carbons (Fsp3) is 0.480. The summed E-state index contributed by atoms with van der Waals surface area (Å²) >= 11 is 0. The average molecular weight is 434 g/mol. The van der Waals surface area contributed by atoms with Gasteiger partial charge < -0.3 is 10.6 Å². The van der Waals surface area contributed by atoms with Crippen LogP contribution in [0.15, 0.2) is 42.6 Å². The van der Waals surface area contributed by atoms with Gasteiger partial charge in [0.1, 0.15) is 5.82 Å². The number of piperidine rings is 2. The maximum Gasteiger partial charge on any atom is 0.234 e. The van der Waals surface area contributed by atoms with Crippen LogP contribution in [-0.4, -0.2) is 47.9 Å². The lowest BCUT2D eigenvalue weighted by molar-refractivity contribution is -0.134. The summed E-state index contributed by atoms with van der Waals surface area (Å²) in [5, 5.41) is 2.46. The minimum atomic E-state index is -0.216. The molecule has 0 saturated carbocycles. The summed E-state index contributed by atoms with van der Waals surface area (Å²) < 4.78 is 0. The van der Waals surface area contributed by atoms with Crippen molar-refractivity contribution >= 4 is 23.3 Å². The molecule has 3 aliphatic rings. The number of amides is 2. The first-order valence-electron chi connectivity index (χ1n) is 11.6. The maximum atomic E-state index is 12.2. The van der Waals surface area contributed by atoms with Gasteiger partial charge in [0.05, 0.1) is 5.92 Å². The number of nitrogens with two attached hydrogens (primary N) is 1. The van der Waals surface area contributed by atoms with Crippen molar-refractivity contribution in [2.45, 2.75) is 44.6 Å². The molecule has 3 aliphatic heterocycles. The van der Waals surface area contributed by atoms with Gasteiger partial charge in [-0.05, 0) is 73.5 Å². The number of aromatic nitrogens is 1. The summed E-state index contributed by atoms with van der Waals surface area (Å²) in [6.07, 6.45) is 6.58. The Morgan fingerprint density at radius 3 is 2.47 bits per heavy atom. The largest absolute Gasteiger partial charge is 0.384 e. The zero-order valence-electron chi connectivity index (χ0n) is 18.4. The van der Waals surface area contributed by atoms with Gasteiger partial charge in [-0.3, -0.25) is 19.8 Å². The van der Waals surface area contributed by atoms with Crippen LogP contribution in [0.25, 0.3) is 0 Å². The summed E-state index contributed by atoms with van der Waals surface area (Å²) in [5.74, 6) is 0.0202. The molecule has 1 atom stereocenters. The van der Waals surface area contributed by atoms with Gasteiger partial charge in [-0.2, -0.15) is 0 Å². The number of likely N-dealkylation sites (tertiary alicyclic amines) is 1. The number of nitrogens with zero attached hydrogens (tertiary/aromatic N) is 3. The van der Waals surface area contributed by atoms with E-state index in [9.17, 15) is 9.59 Å². The lowest BCUT2D eigenvalue weighted by atomic mass is 9.77. The summed E-state index contributed by atoms with van der Waals surface area (Å²) in [5.41, 5.74) is 9.55. The summed E-state index contributed by atoms with van der Waals surface area (Å²) in [7, 11) is 0. The highest BCUT2D eigenvalue weighted by atomic mass is 16.2. The molecule has 1 aromatic carbocycles. The van der Waals surface area contributed by atoms with Gasteiger partial charge in [0.25, 0.3) is 0 Å². The van der Waals surface area contributed by atoms with Crippen LogP contribution in [0.3, 0.4) is 0 Å². The molecule has 0 unspecified atom stereocenters. The second-order valence-corrected chi connectivity index (χ2v) is 9.63. The Labute approximate surface area is 189 Å². The van der Waals surface area contributed by atoms with E-state index in [-0.39, 0.29) is 17.7 Å². The lowest BCUT2D eigenvalue weighted by Crippen LogP contribution is -2.41. The quantitative estimate of drug-likeness (QED) is 0.721. The van der Waals surface area contributed by atoms with Crippen LogP contribution in [0.2, 0.25) is 0 Å². The van der Waals surface area contributed by atoms with Gasteiger partial charge in [-0.1, -0.05) is 18.2 Å². The number of benzene rings is 1. The van der Waals surface area contributed by atoms with E-state index in [0.717, 1.165) is 38.3 Å². The number of anilines is 2. The molecule has 1 aromatic heterocycles. The molecule has 3 fully saturated rings. The Morgan fingerprint density at radius 1 is 1.03 bits per heavy atom. The van der Waals surface area contributed by atoms with E-state index in [0.29, 0.717) is 24.1 Å². The minimum Gasteiger partial charge on any atom is -0.384 e. The van der Waals surface area contributed by atoms with Crippen LogP contribution in [0.1, 0.15) is 49.1 Å². The predicted molar refractivity (Wildman–Crippen MR) is 124 cm³/mol. The molecule has 0 bridgehead atoms. The second kappa shape index (κ2) is 8.54. The minimum absolute atomic E-state index is 0.165. The number of hydrogen-bond acceptors (Lipinski definition) is 6. The number of pyridine rings is 1. The molecular weight excluding hydrogens is 402 g/mol. The fourth-order valence-corrected chi connectivity index (χ4v) is 5.47. The van der Waals surface area contributed by atoms with Crippen LogP contribution >= 0.6 is 0 Å². The van der Waals surface area contributed by atoms with Crippen LogP contribution in [-0.2, 0) is 16.1 Å². The van der Waals surface area contributed by atoms with E-state index in [1.807, 2.05) is 12.3 Å². The van der Waals surface area contributed by atoms with Crippen LogP contribution in [0.5, 0.6) is 0 Å². The number of imide groups is 1. The van der Waals surface area contributed by atoms with E-state index in [2.05, 4.69) is 50.4 Å². The highest BCUT2D eigenvalue weighted by Crippen LogP contribution is 2.42. The second-order valence-electron chi connectivity index (χ2n) is 9.63. The normalized spacial score (nSPS) is 23.5. The lowest BCUT2D eigenvalue weighted by Gasteiger charge is -2.39. The van der Waals surface area contributed by atoms with E-state index in [1.54, 1.807) is 0 Å². The zero-order valence-corrected chi connectivity index (χ0v) is 18.4. The third-order valence-corrected chi connectivity index (χ3v) is 7.51. The molecule has 2 aromatic rings. The van der Waals surface area contributed by atoms with Gasteiger partial charge in [-0.15, -0.1) is 0 Å². The number of nitrogen functional groups attached to an aromatic ring is 1. The van der Waals surface area contributed by atoms with Crippen molar-refractivity contribution in [3.05, 3.63) is 53.7 Å². The third kappa shape index (κ3) is 4.35. The maximum absolute atomic E-state index is 12.2. The molecule has 5 rings (SSSR count). The average Bonchev–Trinajstić information content (AvgIpc) is 3.21. The molecule has 4 heterocycles. The Kier molecular flexibility index (Phi) is 5.59. The highest BCUT2D eigenvalue weighted by molar-refractivity contribution is 6.00. The highest BCUT2D eigenvalue weighted by Gasteiger charge is 2.40. The molecule has 32 heavy (non-hydrogen) atoms. The zero-order chi connectivity index (χ0) is 22.1. The van der Waals surface area contributed by atoms with Crippen molar-refractivity contribution in [1.29, 1.82) is 0 Å². The molecule has 7 nitrogen and oxygen atoms in total. The van der Waals surface area contributed by atoms with Crippen LogP contribution < -0.4 is 16.0 Å². The topological polar surface area (TPSA) is 91.6 Å². The first-order valence-corrected chi connectivity index (χ1v) is 11.6. The monoisotopic (exact) mass is 433 g/mol. The van der Waals surface area contributed by atoms with Crippen molar-refractivity contribution in [3.8, 4) is 0 Å². The molecule has 2 amide bonds. The molecule has 0 radical (unpaired) electrons. The molecule has 168 valence electrons. The number of hydrogen-bond donors (Lipinski definition) is 2. The number of nitrogens with one attached hydrogen (secondary N) is 1. The van der Waals surface area contributed by atoms with E-state index >= 15 is 0 Å². The van der Waals surface area contributed by atoms with Crippen molar-refractivity contribution in [1.82, 2.24) is 15.2 Å². The Balaban J connectivity index is 1.16. The van der Waals surface area contributed by atoms with Gasteiger partial charge in [0, 0.05) is 37.9 Å². The summed E-state index contributed by atoms with van der Waals surface area (Å²) in [6.45, 7) is 5.36. The standard InChI is InChI=1S/C25H31N5O2/c26-22-7-1-18(15-27-22)16-29-12-9-25(10-13-29)11-14-30(17-25)20-4-2-19(3-5-20)21-6-8-23(31)28-24(21)32/h1-5,7,15,21H,6,8-14,16-17H2,(H2,26,27)(H,28,31,32)/t21-/m1/s1. The van der Waals surface area contributed by atoms with Crippen molar-refractivity contribution in [2.24, 2.45) is 5.41 Å². The number of carbonyl (C=O) groups excluding carboxylic acids is 2. The van der Waals surface area contributed by atoms with E-state index < -0.39 is 0 Å². The Bertz CT molecular complexity index is 980. The Hall–Kier alpha value is -2.93.